The van der Waals surface area contributed by atoms with Gasteiger partial charge in [0.15, 0.2) is 0 Å². The van der Waals surface area contributed by atoms with Crippen LogP contribution in [0.2, 0.25) is 0 Å². The van der Waals surface area contributed by atoms with Gasteiger partial charge in [0.05, 0.1) is 11.3 Å². The molecule has 0 saturated carbocycles. The highest BCUT2D eigenvalue weighted by molar-refractivity contribution is 7.10. The van der Waals surface area contributed by atoms with Crippen molar-refractivity contribution in [3.8, 4) is 0 Å². The van der Waals surface area contributed by atoms with E-state index < -0.39 is 0 Å². The zero-order chi connectivity index (χ0) is 15.9. The summed E-state index contributed by atoms with van der Waals surface area (Å²) < 4.78 is 4.34. The number of aromatic nitrogens is 1. The largest absolute Gasteiger partial charge is 0.378 e. The van der Waals surface area contributed by atoms with Gasteiger partial charge in [-0.15, -0.1) is 0 Å². The normalized spacial score (nSPS) is 25.6. The lowest BCUT2D eigenvalue weighted by atomic mass is 10.1. The van der Waals surface area contributed by atoms with Crippen molar-refractivity contribution in [2.24, 2.45) is 0 Å². The van der Waals surface area contributed by atoms with E-state index in [0.717, 1.165) is 35.8 Å². The molecule has 2 fully saturated rings. The van der Waals surface area contributed by atoms with E-state index in [1.165, 1.54) is 24.4 Å². The summed E-state index contributed by atoms with van der Waals surface area (Å²) >= 11 is 1.38. The van der Waals surface area contributed by atoms with Crippen LogP contribution < -0.4 is 5.32 Å². The summed E-state index contributed by atoms with van der Waals surface area (Å²) in [6.07, 6.45) is 3.59. The summed E-state index contributed by atoms with van der Waals surface area (Å²) in [5, 5.41) is 4.00. The summed E-state index contributed by atoms with van der Waals surface area (Å²) in [4.78, 5) is 17.7. The number of rotatable bonds is 3. The molecule has 0 radical (unpaired) electrons. The molecule has 0 aliphatic carbocycles. The zero-order valence-electron chi connectivity index (χ0n) is 13.9. The number of hydrogen-bond acceptors (Lipinski definition) is 5. The maximum Gasteiger partial charge on any atom is 0.258 e. The quantitative estimate of drug-likeness (QED) is 0.929. The minimum atomic E-state index is 0.145. The van der Waals surface area contributed by atoms with Gasteiger partial charge in [-0.25, -0.2) is 0 Å². The van der Waals surface area contributed by atoms with Crippen LogP contribution in [-0.2, 0) is 0 Å². The fraction of sp³-hybridized carbons (Fsp3) is 0.750. The molecule has 0 spiro atoms. The highest BCUT2D eigenvalue weighted by atomic mass is 32.1. The molecule has 0 aromatic carbocycles. The molecule has 1 amide bonds. The number of amides is 1. The van der Waals surface area contributed by atoms with Crippen LogP contribution in [-0.4, -0.2) is 58.3 Å². The molecule has 1 aromatic rings. The SMILES string of the molecule is CNc1snc(C)c1C(=O)N1CC[C@H]2CC[C@@H](C1)N2C(C)C. The predicted molar refractivity (Wildman–Crippen MR) is 90.7 cm³/mol. The Morgan fingerprint density at radius 2 is 2.05 bits per heavy atom. The highest BCUT2D eigenvalue weighted by Crippen LogP contribution is 2.33. The van der Waals surface area contributed by atoms with Gasteiger partial charge in [-0.05, 0) is 51.6 Å². The average molecular weight is 322 g/mol. The van der Waals surface area contributed by atoms with Gasteiger partial charge in [0, 0.05) is 38.3 Å². The number of carbonyl (C=O) groups excluding carboxylic acids is 1. The maximum absolute atomic E-state index is 13.0. The number of hydrogen-bond donors (Lipinski definition) is 1. The fourth-order valence-corrected chi connectivity index (χ4v) is 4.83. The second-order valence-corrected chi connectivity index (χ2v) is 7.46. The van der Waals surface area contributed by atoms with Crippen molar-refractivity contribution in [1.29, 1.82) is 0 Å². The van der Waals surface area contributed by atoms with Crippen LogP contribution in [0, 0.1) is 6.92 Å². The molecule has 3 heterocycles. The van der Waals surface area contributed by atoms with Crippen LogP contribution in [0.5, 0.6) is 0 Å². The predicted octanol–water partition coefficient (Wildman–Crippen LogP) is 2.58. The lowest BCUT2D eigenvalue weighted by Crippen LogP contribution is -2.44. The third-order valence-electron chi connectivity index (χ3n) is 5.03. The molecule has 22 heavy (non-hydrogen) atoms. The number of likely N-dealkylation sites (tertiary alicyclic amines) is 1. The van der Waals surface area contributed by atoms with Crippen LogP contribution in [0.15, 0.2) is 0 Å². The van der Waals surface area contributed by atoms with Crippen molar-refractivity contribution in [1.82, 2.24) is 14.2 Å². The molecular weight excluding hydrogens is 296 g/mol. The minimum absolute atomic E-state index is 0.145. The average Bonchev–Trinajstić information content (AvgIpc) is 2.97. The third kappa shape index (κ3) is 2.63. The summed E-state index contributed by atoms with van der Waals surface area (Å²) in [5.41, 5.74) is 1.61. The maximum atomic E-state index is 13.0. The molecule has 5 nitrogen and oxygen atoms in total. The number of nitrogens with zero attached hydrogens (tertiary/aromatic N) is 3. The molecule has 2 bridgehead atoms. The zero-order valence-corrected chi connectivity index (χ0v) is 14.7. The lowest BCUT2D eigenvalue weighted by molar-refractivity contribution is 0.0729. The Kier molecular flexibility index (Phi) is 4.41. The molecule has 2 saturated heterocycles. The molecule has 3 rings (SSSR count). The van der Waals surface area contributed by atoms with E-state index in [9.17, 15) is 4.79 Å². The van der Waals surface area contributed by atoms with Crippen molar-refractivity contribution in [3.63, 3.8) is 0 Å². The summed E-state index contributed by atoms with van der Waals surface area (Å²) in [7, 11) is 1.86. The molecular formula is C16H26N4OS. The second-order valence-electron chi connectivity index (χ2n) is 6.69. The Bertz CT molecular complexity index is 556. The van der Waals surface area contributed by atoms with Crippen LogP contribution in [0.3, 0.4) is 0 Å². The van der Waals surface area contributed by atoms with Gasteiger partial charge in [-0.2, -0.15) is 4.37 Å². The fourth-order valence-electron chi connectivity index (χ4n) is 4.09. The van der Waals surface area contributed by atoms with Crippen LogP contribution in [0.1, 0.15) is 49.2 Å². The molecule has 6 heteroatoms. The first-order valence-electron chi connectivity index (χ1n) is 8.23. The van der Waals surface area contributed by atoms with E-state index in [1.54, 1.807) is 0 Å². The van der Waals surface area contributed by atoms with E-state index in [-0.39, 0.29) is 5.91 Å². The first-order valence-corrected chi connectivity index (χ1v) is 9.01. The van der Waals surface area contributed by atoms with Crippen LogP contribution in [0.25, 0.3) is 0 Å². The number of carbonyl (C=O) groups is 1. The van der Waals surface area contributed by atoms with E-state index in [4.69, 9.17) is 0 Å². The lowest BCUT2D eigenvalue weighted by Gasteiger charge is -2.32. The van der Waals surface area contributed by atoms with Crippen molar-refractivity contribution in [2.75, 3.05) is 25.5 Å². The summed E-state index contributed by atoms with van der Waals surface area (Å²) in [5.74, 6) is 0.145. The van der Waals surface area contributed by atoms with E-state index in [0.29, 0.717) is 18.1 Å². The van der Waals surface area contributed by atoms with Crippen LogP contribution in [0.4, 0.5) is 5.00 Å². The number of nitrogens with one attached hydrogen (secondary N) is 1. The molecule has 2 aliphatic rings. The van der Waals surface area contributed by atoms with Gasteiger partial charge in [0.25, 0.3) is 5.91 Å². The van der Waals surface area contributed by atoms with Gasteiger partial charge in [-0.1, -0.05) is 0 Å². The van der Waals surface area contributed by atoms with E-state index >= 15 is 0 Å². The monoisotopic (exact) mass is 322 g/mol. The first-order chi connectivity index (χ1) is 10.5. The van der Waals surface area contributed by atoms with Gasteiger partial charge >= 0.3 is 0 Å². The Morgan fingerprint density at radius 1 is 1.32 bits per heavy atom. The Morgan fingerprint density at radius 3 is 2.73 bits per heavy atom. The molecule has 122 valence electrons. The van der Waals surface area contributed by atoms with Crippen molar-refractivity contribution in [2.45, 2.75) is 58.2 Å². The summed E-state index contributed by atoms with van der Waals surface area (Å²) in [6.45, 7) is 8.19. The first kappa shape index (κ1) is 15.7. The Hall–Kier alpha value is -1.14. The Labute approximate surface area is 136 Å². The highest BCUT2D eigenvalue weighted by Gasteiger charge is 2.40. The molecule has 2 aliphatic heterocycles. The molecule has 1 N–H and O–H groups in total. The number of anilines is 1. The van der Waals surface area contributed by atoms with Crippen molar-refractivity contribution >= 4 is 22.4 Å². The van der Waals surface area contributed by atoms with E-state index in [1.807, 2.05) is 14.0 Å². The van der Waals surface area contributed by atoms with Gasteiger partial charge in [-0.3, -0.25) is 9.69 Å². The van der Waals surface area contributed by atoms with Gasteiger partial charge < -0.3 is 10.2 Å². The number of aryl methyl sites for hydroxylation is 1. The molecule has 1 aromatic heterocycles. The smallest absolute Gasteiger partial charge is 0.258 e. The third-order valence-corrected chi connectivity index (χ3v) is 5.98. The van der Waals surface area contributed by atoms with Crippen LogP contribution >= 0.6 is 11.5 Å². The second kappa shape index (κ2) is 6.16. The molecule has 0 unspecified atom stereocenters. The minimum Gasteiger partial charge on any atom is -0.378 e. The van der Waals surface area contributed by atoms with Gasteiger partial charge in [0.1, 0.15) is 5.00 Å². The van der Waals surface area contributed by atoms with Crippen molar-refractivity contribution < 1.29 is 4.79 Å². The number of fused-ring (bicyclic) bond motifs is 2. The summed E-state index contributed by atoms with van der Waals surface area (Å²) in [6, 6.07) is 1.72. The standard InChI is InChI=1S/C16H26N4OS/c1-10(2)20-12-5-6-13(20)9-19(8-7-12)16(21)14-11(3)18-22-15(14)17-4/h10,12-13,17H,5-9H2,1-4H3/t12-,13+/m1/s1. The van der Waals surface area contributed by atoms with Gasteiger partial charge in [0.2, 0.25) is 0 Å². The Balaban J connectivity index is 1.81. The topological polar surface area (TPSA) is 48.5 Å². The molecule has 2 atom stereocenters. The van der Waals surface area contributed by atoms with E-state index in [2.05, 4.69) is 33.3 Å². The van der Waals surface area contributed by atoms with Crippen molar-refractivity contribution in [3.05, 3.63) is 11.3 Å².